The van der Waals surface area contributed by atoms with Crippen LogP contribution in [-0.4, -0.2) is 9.97 Å². The quantitative estimate of drug-likeness (QED) is 0.683. The minimum Gasteiger partial charge on any atom is -0.449 e. The number of rotatable bonds is 0. The zero-order chi connectivity index (χ0) is 12.8. The first-order valence-corrected chi connectivity index (χ1v) is 6.37. The van der Waals surface area contributed by atoms with Gasteiger partial charge in [-0.3, -0.25) is 4.98 Å². The zero-order valence-corrected chi connectivity index (χ0v) is 11.8. The standard InChI is InChI=1S/C4H5NO.C4H5NS.2C2H6/c2*1-4-2-5-3-6-4;2*1-2/h2*2-3H,1H3;2*1-2H3. The summed E-state index contributed by atoms with van der Waals surface area (Å²) in [5.74, 6) is 0.856. The van der Waals surface area contributed by atoms with Crippen LogP contribution in [0.2, 0.25) is 0 Å². The molecule has 92 valence electrons. The van der Waals surface area contributed by atoms with Crippen LogP contribution < -0.4 is 0 Å². The second-order valence-corrected chi connectivity index (χ2v) is 3.31. The summed E-state index contributed by atoms with van der Waals surface area (Å²) in [6.07, 6.45) is 4.93. The maximum Gasteiger partial charge on any atom is 0.180 e. The third-order valence-electron chi connectivity index (χ3n) is 1.11. The highest BCUT2D eigenvalue weighted by molar-refractivity contribution is 7.09. The van der Waals surface area contributed by atoms with Crippen LogP contribution in [0.1, 0.15) is 38.3 Å². The molecular formula is C12H22N2OS. The number of hydrogen-bond donors (Lipinski definition) is 0. The Bertz CT molecular complexity index is 258. The molecule has 0 atom stereocenters. The maximum absolute atomic E-state index is 4.72. The second kappa shape index (κ2) is 13.8. The minimum atomic E-state index is 0.856. The van der Waals surface area contributed by atoms with Crippen molar-refractivity contribution in [3.63, 3.8) is 0 Å². The molecular weight excluding hydrogens is 220 g/mol. The van der Waals surface area contributed by atoms with Crippen molar-refractivity contribution in [3.05, 3.63) is 34.9 Å². The fourth-order valence-electron chi connectivity index (χ4n) is 0.559. The van der Waals surface area contributed by atoms with E-state index < -0.39 is 0 Å². The minimum absolute atomic E-state index is 0.856. The summed E-state index contributed by atoms with van der Waals surface area (Å²) >= 11 is 1.67. The Morgan fingerprint density at radius 3 is 1.75 bits per heavy atom. The maximum atomic E-state index is 4.72. The first-order chi connectivity index (χ1) is 7.79. The van der Waals surface area contributed by atoms with Gasteiger partial charge in [0, 0.05) is 11.1 Å². The van der Waals surface area contributed by atoms with Crippen LogP contribution in [0.3, 0.4) is 0 Å². The Morgan fingerprint density at radius 2 is 1.62 bits per heavy atom. The van der Waals surface area contributed by atoms with Gasteiger partial charge >= 0.3 is 0 Å². The summed E-state index contributed by atoms with van der Waals surface area (Å²) in [5.41, 5.74) is 1.83. The third kappa shape index (κ3) is 10.9. The molecule has 0 unspecified atom stereocenters. The molecule has 2 aromatic rings. The van der Waals surface area contributed by atoms with Gasteiger partial charge in [-0.25, -0.2) is 4.98 Å². The summed E-state index contributed by atoms with van der Waals surface area (Å²) in [6.45, 7) is 11.9. The van der Waals surface area contributed by atoms with Gasteiger partial charge in [-0.1, -0.05) is 27.7 Å². The van der Waals surface area contributed by atoms with Gasteiger partial charge in [0.05, 0.1) is 11.7 Å². The van der Waals surface area contributed by atoms with Crippen molar-refractivity contribution in [2.75, 3.05) is 0 Å². The number of thiazole rings is 1. The first kappa shape index (κ1) is 17.2. The molecule has 3 nitrogen and oxygen atoms in total. The molecule has 0 aliphatic carbocycles. The Kier molecular flexibility index (Phi) is 14.9. The van der Waals surface area contributed by atoms with Crippen molar-refractivity contribution in [2.45, 2.75) is 41.5 Å². The zero-order valence-electron chi connectivity index (χ0n) is 11.0. The van der Waals surface area contributed by atoms with Crippen LogP contribution in [-0.2, 0) is 0 Å². The molecule has 16 heavy (non-hydrogen) atoms. The molecule has 2 aromatic heterocycles. The Balaban J connectivity index is 0. The molecule has 0 spiro atoms. The Hall–Kier alpha value is -1.16. The molecule has 0 saturated heterocycles. The Morgan fingerprint density at radius 1 is 1.00 bits per heavy atom. The van der Waals surface area contributed by atoms with Crippen LogP contribution >= 0.6 is 11.3 Å². The number of aryl methyl sites for hydroxylation is 2. The smallest absolute Gasteiger partial charge is 0.180 e. The molecule has 0 aliphatic heterocycles. The van der Waals surface area contributed by atoms with Crippen LogP contribution in [0.15, 0.2) is 28.7 Å². The van der Waals surface area contributed by atoms with Crippen LogP contribution in [0.25, 0.3) is 0 Å². The van der Waals surface area contributed by atoms with E-state index in [-0.39, 0.29) is 0 Å². The van der Waals surface area contributed by atoms with Gasteiger partial charge in [0.15, 0.2) is 6.39 Å². The molecule has 0 amide bonds. The van der Waals surface area contributed by atoms with E-state index in [1.807, 2.05) is 53.2 Å². The van der Waals surface area contributed by atoms with E-state index in [0.29, 0.717) is 0 Å². The number of oxazole rings is 1. The molecule has 0 radical (unpaired) electrons. The molecule has 2 heterocycles. The summed E-state index contributed by atoms with van der Waals surface area (Å²) in [4.78, 5) is 8.77. The van der Waals surface area contributed by atoms with E-state index in [1.54, 1.807) is 17.5 Å². The van der Waals surface area contributed by atoms with E-state index in [2.05, 4.69) is 9.97 Å². The highest BCUT2D eigenvalue weighted by Crippen LogP contribution is 1.99. The van der Waals surface area contributed by atoms with Crippen molar-refractivity contribution in [1.29, 1.82) is 0 Å². The van der Waals surface area contributed by atoms with E-state index >= 15 is 0 Å². The lowest BCUT2D eigenvalue weighted by molar-refractivity contribution is 0.527. The van der Waals surface area contributed by atoms with Gasteiger partial charge in [-0.2, -0.15) is 0 Å². The van der Waals surface area contributed by atoms with Gasteiger partial charge in [-0.15, -0.1) is 11.3 Å². The lowest BCUT2D eigenvalue weighted by Gasteiger charge is -1.66. The van der Waals surface area contributed by atoms with E-state index in [1.165, 1.54) is 11.3 Å². The average Bonchev–Trinajstić information content (AvgIpc) is 2.98. The van der Waals surface area contributed by atoms with Crippen LogP contribution in [0.5, 0.6) is 0 Å². The molecule has 2 rings (SSSR count). The molecule has 0 N–H and O–H groups in total. The predicted molar refractivity (Wildman–Crippen MR) is 70.8 cm³/mol. The van der Waals surface area contributed by atoms with Crippen molar-refractivity contribution in [3.8, 4) is 0 Å². The molecule has 0 saturated carbocycles. The fraction of sp³-hybridized carbons (Fsp3) is 0.500. The van der Waals surface area contributed by atoms with Crippen molar-refractivity contribution < 1.29 is 4.42 Å². The largest absolute Gasteiger partial charge is 0.449 e. The normalized spacial score (nSPS) is 7.38. The molecule has 0 aliphatic rings. The topological polar surface area (TPSA) is 38.9 Å². The van der Waals surface area contributed by atoms with Gasteiger partial charge in [0.2, 0.25) is 0 Å². The Labute approximate surface area is 103 Å². The predicted octanol–water partition coefficient (Wildman–Crippen LogP) is 4.49. The van der Waals surface area contributed by atoms with Gasteiger partial charge in [-0.05, 0) is 13.8 Å². The first-order valence-electron chi connectivity index (χ1n) is 5.49. The average molecular weight is 242 g/mol. The van der Waals surface area contributed by atoms with Gasteiger partial charge < -0.3 is 4.42 Å². The van der Waals surface area contributed by atoms with E-state index in [4.69, 9.17) is 4.42 Å². The van der Waals surface area contributed by atoms with Gasteiger partial charge in [0.25, 0.3) is 0 Å². The summed E-state index contributed by atoms with van der Waals surface area (Å²) in [7, 11) is 0. The molecule has 0 aromatic carbocycles. The summed E-state index contributed by atoms with van der Waals surface area (Å²) in [6, 6.07) is 0. The highest BCUT2D eigenvalue weighted by Gasteiger charge is 1.77. The van der Waals surface area contributed by atoms with Crippen molar-refractivity contribution >= 4 is 11.3 Å². The lowest BCUT2D eigenvalue weighted by atomic mass is 10.6. The number of nitrogens with zero attached hydrogens (tertiary/aromatic N) is 2. The van der Waals surface area contributed by atoms with Crippen molar-refractivity contribution in [1.82, 2.24) is 9.97 Å². The molecule has 4 heteroatoms. The van der Waals surface area contributed by atoms with Crippen LogP contribution in [0, 0.1) is 13.8 Å². The van der Waals surface area contributed by atoms with Crippen molar-refractivity contribution in [2.24, 2.45) is 0 Å². The van der Waals surface area contributed by atoms with Crippen LogP contribution in [0.4, 0.5) is 0 Å². The summed E-state index contributed by atoms with van der Waals surface area (Å²) < 4.78 is 4.72. The molecule has 0 bridgehead atoms. The van der Waals surface area contributed by atoms with E-state index in [9.17, 15) is 0 Å². The second-order valence-electron chi connectivity index (χ2n) is 2.22. The summed E-state index contributed by atoms with van der Waals surface area (Å²) in [5, 5.41) is 0. The highest BCUT2D eigenvalue weighted by atomic mass is 32.1. The lowest BCUT2D eigenvalue weighted by Crippen LogP contribution is -1.50. The monoisotopic (exact) mass is 242 g/mol. The molecule has 0 fully saturated rings. The third-order valence-corrected chi connectivity index (χ3v) is 1.82. The fourth-order valence-corrected chi connectivity index (χ4v) is 0.968. The SMILES string of the molecule is CC.CC.Cc1cnco1.Cc1cncs1. The van der Waals surface area contributed by atoms with E-state index in [0.717, 1.165) is 5.76 Å². The number of aromatic nitrogens is 2. The van der Waals surface area contributed by atoms with Gasteiger partial charge in [0.1, 0.15) is 5.76 Å². The number of hydrogen-bond acceptors (Lipinski definition) is 4.